The number of aromatic nitrogens is 1. The van der Waals surface area contributed by atoms with Crippen LogP contribution in [0, 0.1) is 17.0 Å². The zero-order chi connectivity index (χ0) is 38.2. The second-order valence-electron chi connectivity index (χ2n) is 13.8. The summed E-state index contributed by atoms with van der Waals surface area (Å²) in [6.07, 6.45) is 5.48. The van der Waals surface area contributed by atoms with Gasteiger partial charge in [-0.2, -0.15) is 13.5 Å². The molecule has 54 heavy (non-hydrogen) atoms. The van der Waals surface area contributed by atoms with Crippen LogP contribution >= 0.6 is 23.2 Å². The molecule has 1 saturated heterocycles. The van der Waals surface area contributed by atoms with Crippen molar-refractivity contribution in [1.29, 1.82) is 0 Å². The number of alkyl halides is 2. The molecule has 0 amide bonds. The van der Waals surface area contributed by atoms with Gasteiger partial charge in [-0.15, -0.1) is 0 Å². The van der Waals surface area contributed by atoms with Gasteiger partial charge in [0.15, 0.2) is 23.9 Å². The third-order valence-electron chi connectivity index (χ3n) is 9.37. The molecule has 0 spiro atoms. The Bertz CT molecular complexity index is 1850. The number of nitrogens with one attached hydrogen (secondary N) is 1. The number of carbonyl (C=O) groups is 1. The summed E-state index contributed by atoms with van der Waals surface area (Å²) >= 11 is 12.8. The second-order valence-corrected chi connectivity index (χ2v) is 16.5. The van der Waals surface area contributed by atoms with Gasteiger partial charge in [0.25, 0.3) is 0 Å². The summed E-state index contributed by atoms with van der Waals surface area (Å²) in [6, 6.07) is 8.89. The lowest BCUT2D eigenvalue weighted by Crippen LogP contribution is -2.38. The Hall–Kier alpha value is -3.47. The van der Waals surface area contributed by atoms with Crippen molar-refractivity contribution in [1.82, 2.24) is 9.62 Å². The number of halogens is 4. The molecule has 1 atom stereocenters. The molecule has 3 fully saturated rings. The molecule has 2 saturated carbocycles. The van der Waals surface area contributed by atoms with Crippen LogP contribution in [0.4, 0.5) is 8.78 Å². The van der Waals surface area contributed by atoms with Gasteiger partial charge in [-0.05, 0) is 80.3 Å². The second kappa shape index (κ2) is 18.4. The van der Waals surface area contributed by atoms with E-state index in [0.29, 0.717) is 78.4 Å². The molecule has 1 aromatic heterocycles. The third-order valence-corrected chi connectivity index (χ3v) is 11.4. The highest BCUT2D eigenvalue weighted by molar-refractivity contribution is 7.89. The topological polar surface area (TPSA) is 140 Å². The number of nitrogens with zero attached hydrogens (tertiary/aromatic N) is 2. The van der Waals surface area contributed by atoms with Crippen LogP contribution in [0.25, 0.3) is 0 Å². The molecular weight excluding hydrogens is 771 g/mol. The highest BCUT2D eigenvalue weighted by atomic mass is 35.5. The maximum Gasteiger partial charge on any atom is 0.387 e. The SMILES string of the molecule is O=C(O[C@@H](Cc1c(Cl)c[n+]([O-])cc1Cl)c1ccc(OC(F)F)c(OCC2CC2)c1)c1ccc(CNS(=O)(=O)CCCN2CCOCC2)c(OCC2CC2)c1. The van der Waals surface area contributed by atoms with Crippen LogP contribution in [0.3, 0.4) is 0 Å². The monoisotopic (exact) mass is 813 g/mol. The Morgan fingerprint density at radius 1 is 0.963 bits per heavy atom. The number of sulfonamides is 1. The smallest absolute Gasteiger partial charge is 0.387 e. The fraction of sp³-hybridized carbons (Fsp3) is 0.514. The van der Waals surface area contributed by atoms with Crippen LogP contribution < -0.4 is 23.7 Å². The first-order chi connectivity index (χ1) is 25.9. The van der Waals surface area contributed by atoms with Gasteiger partial charge in [-0.3, -0.25) is 4.90 Å². The molecule has 2 aliphatic carbocycles. The number of carbonyl (C=O) groups excluding carboxylic acids is 1. The van der Waals surface area contributed by atoms with Gasteiger partial charge in [0.2, 0.25) is 10.0 Å². The number of rotatable bonds is 20. The molecule has 17 heteroatoms. The molecule has 0 radical (unpaired) electrons. The summed E-state index contributed by atoms with van der Waals surface area (Å²) in [4.78, 5) is 16.0. The number of pyridine rings is 1. The Morgan fingerprint density at radius 2 is 1.63 bits per heavy atom. The van der Waals surface area contributed by atoms with Gasteiger partial charge in [0, 0.05) is 37.2 Å². The summed E-state index contributed by atoms with van der Waals surface area (Å²) in [6.45, 7) is 1.05. The predicted octanol–water partition coefficient (Wildman–Crippen LogP) is 6.09. The van der Waals surface area contributed by atoms with Crippen molar-refractivity contribution in [2.45, 2.75) is 57.8 Å². The minimum atomic E-state index is -3.61. The number of esters is 1. The maximum atomic E-state index is 13.9. The molecule has 3 aromatic rings. The molecule has 1 N–H and O–H groups in total. The van der Waals surface area contributed by atoms with Crippen LogP contribution in [0.2, 0.25) is 10.0 Å². The van der Waals surface area contributed by atoms with Crippen LogP contribution in [-0.4, -0.2) is 77.7 Å². The van der Waals surface area contributed by atoms with E-state index in [1.54, 1.807) is 6.07 Å². The number of hydrogen-bond acceptors (Lipinski definition) is 10. The lowest BCUT2D eigenvalue weighted by Gasteiger charge is -2.26. The quantitative estimate of drug-likeness (QED) is 0.0811. The molecule has 294 valence electrons. The van der Waals surface area contributed by atoms with Gasteiger partial charge in [-0.25, -0.2) is 17.9 Å². The van der Waals surface area contributed by atoms with E-state index in [1.165, 1.54) is 30.3 Å². The molecule has 1 aliphatic heterocycles. The molecule has 2 heterocycles. The number of ether oxygens (including phenoxy) is 5. The Labute approximate surface area is 323 Å². The van der Waals surface area contributed by atoms with E-state index < -0.39 is 28.7 Å². The van der Waals surface area contributed by atoms with Crippen LogP contribution in [0.1, 0.15) is 65.3 Å². The summed E-state index contributed by atoms with van der Waals surface area (Å²) < 4.78 is 83.5. The van der Waals surface area contributed by atoms with E-state index >= 15 is 0 Å². The summed E-state index contributed by atoms with van der Waals surface area (Å²) in [5, 5.41) is 12.0. The third kappa shape index (κ3) is 12.0. The fourth-order valence-corrected chi connectivity index (χ4v) is 7.50. The van der Waals surface area contributed by atoms with E-state index in [1.807, 2.05) is 0 Å². The van der Waals surface area contributed by atoms with Gasteiger partial charge in [0.1, 0.15) is 21.9 Å². The van der Waals surface area contributed by atoms with E-state index in [0.717, 1.165) is 51.2 Å². The minimum absolute atomic E-state index is 0.0325. The molecule has 3 aliphatic rings. The summed E-state index contributed by atoms with van der Waals surface area (Å²) in [5.74, 6) is 0.0784. The zero-order valence-electron chi connectivity index (χ0n) is 29.5. The zero-order valence-corrected chi connectivity index (χ0v) is 31.9. The maximum absolute atomic E-state index is 13.9. The number of hydrogen-bond donors (Lipinski definition) is 1. The van der Waals surface area contributed by atoms with Gasteiger partial charge >= 0.3 is 12.6 Å². The average Bonchev–Trinajstić information content (AvgIpc) is 4.07. The Kier molecular flexibility index (Phi) is 13.7. The van der Waals surface area contributed by atoms with Crippen molar-refractivity contribution < 1.29 is 50.4 Å². The largest absolute Gasteiger partial charge is 0.619 e. The first kappa shape index (κ1) is 40.2. The normalized spacial score (nSPS) is 17.0. The summed E-state index contributed by atoms with van der Waals surface area (Å²) in [7, 11) is -3.61. The van der Waals surface area contributed by atoms with Gasteiger partial charge < -0.3 is 28.9 Å². The molecule has 12 nitrogen and oxygen atoms in total. The fourth-order valence-electron chi connectivity index (χ4n) is 5.88. The number of morpholine rings is 1. The Morgan fingerprint density at radius 3 is 2.28 bits per heavy atom. The minimum Gasteiger partial charge on any atom is -0.619 e. The number of benzene rings is 2. The van der Waals surface area contributed by atoms with Crippen LogP contribution in [0.15, 0.2) is 48.8 Å². The molecule has 0 bridgehead atoms. The first-order valence-electron chi connectivity index (χ1n) is 17.9. The van der Waals surface area contributed by atoms with E-state index in [-0.39, 0.29) is 45.8 Å². The lowest BCUT2D eigenvalue weighted by molar-refractivity contribution is -0.605. The van der Waals surface area contributed by atoms with Crippen LogP contribution in [-0.2, 0) is 32.5 Å². The van der Waals surface area contributed by atoms with E-state index in [4.69, 9.17) is 46.9 Å². The first-order valence-corrected chi connectivity index (χ1v) is 20.4. The van der Waals surface area contributed by atoms with Crippen molar-refractivity contribution >= 4 is 39.2 Å². The average molecular weight is 815 g/mol. The highest BCUT2D eigenvalue weighted by Gasteiger charge is 2.28. The molecule has 6 rings (SSSR count). The lowest BCUT2D eigenvalue weighted by atomic mass is 10.0. The van der Waals surface area contributed by atoms with Gasteiger partial charge in [0.05, 0.1) is 37.7 Å². The van der Waals surface area contributed by atoms with E-state index in [9.17, 15) is 27.2 Å². The van der Waals surface area contributed by atoms with Gasteiger partial charge in [-0.1, -0.05) is 35.3 Å². The molecule has 2 aromatic carbocycles. The van der Waals surface area contributed by atoms with E-state index in [2.05, 4.69) is 9.62 Å². The van der Waals surface area contributed by atoms with Crippen molar-refractivity contribution in [3.63, 3.8) is 0 Å². The van der Waals surface area contributed by atoms with Crippen molar-refractivity contribution in [3.05, 3.63) is 86.3 Å². The van der Waals surface area contributed by atoms with Crippen molar-refractivity contribution in [3.8, 4) is 17.2 Å². The van der Waals surface area contributed by atoms with Crippen LogP contribution in [0.5, 0.6) is 17.2 Å². The highest BCUT2D eigenvalue weighted by Crippen LogP contribution is 2.38. The standard InChI is InChI=1S/C37H43Cl2F2N3O9S/c38-30-20-44(46)21-31(39)29(30)18-34(26-8-9-32(53-37(40)41)35(16-26)51-23-25-4-5-25)52-36(45)27-6-7-28(33(17-27)50-22-24-2-3-24)19-42-54(47,48)15-1-10-43-11-13-49-14-12-43/h6-9,16-17,20-21,24-25,34,37,42H,1-5,10-15,18-19,22-23H2/t34-/m0/s1. The Balaban J connectivity index is 1.21. The van der Waals surface area contributed by atoms with Crippen molar-refractivity contribution in [2.24, 2.45) is 11.8 Å². The molecular formula is C37H43Cl2F2N3O9S. The summed E-state index contributed by atoms with van der Waals surface area (Å²) in [5.41, 5.74) is 1.35. The molecule has 0 unspecified atom stereocenters. The van der Waals surface area contributed by atoms with Crippen molar-refractivity contribution in [2.75, 3.05) is 51.8 Å². The predicted molar refractivity (Wildman–Crippen MR) is 196 cm³/mol.